The second kappa shape index (κ2) is 13.1. The number of anilines is 2. The van der Waals surface area contributed by atoms with Crippen LogP contribution in [0.5, 0.6) is 0 Å². The number of rotatable bonds is 6. The largest absolute Gasteiger partial charge is 0.456 e. The fourth-order valence-corrected chi connectivity index (χ4v) is 9.75. The maximum Gasteiger partial charge on any atom is 0.136 e. The van der Waals surface area contributed by atoms with Crippen LogP contribution in [0.2, 0.25) is 0 Å². The molecule has 0 N–H and O–H groups in total. The molecule has 1 aromatic heterocycles. The van der Waals surface area contributed by atoms with Gasteiger partial charge >= 0.3 is 0 Å². The minimum atomic E-state index is -0.145. The van der Waals surface area contributed by atoms with Gasteiger partial charge in [0.25, 0.3) is 0 Å². The van der Waals surface area contributed by atoms with E-state index in [-0.39, 0.29) is 5.41 Å². The molecule has 2 aliphatic rings. The number of fused-ring (bicyclic) bond motifs is 7. The van der Waals surface area contributed by atoms with Crippen molar-refractivity contribution in [1.29, 1.82) is 0 Å². The van der Waals surface area contributed by atoms with Gasteiger partial charge in [-0.05, 0) is 86.8 Å². The van der Waals surface area contributed by atoms with Crippen LogP contribution in [0, 0.1) is 0 Å². The third kappa shape index (κ3) is 5.17. The molecule has 1 heterocycles. The number of hydrogen-bond donors (Lipinski definition) is 0. The Morgan fingerprint density at radius 2 is 1.07 bits per heavy atom. The molecular weight excluding hydrogens is 691 g/mol. The minimum absolute atomic E-state index is 0.145. The molecule has 0 fully saturated rings. The Morgan fingerprint density at radius 3 is 1.95 bits per heavy atom. The molecule has 2 nitrogen and oxygen atoms in total. The van der Waals surface area contributed by atoms with Crippen LogP contribution in [0.1, 0.15) is 43.4 Å². The van der Waals surface area contributed by atoms with E-state index in [1.165, 1.54) is 66.7 Å². The lowest BCUT2D eigenvalue weighted by atomic mass is 9.82. The first-order valence-corrected chi connectivity index (χ1v) is 20.1. The van der Waals surface area contributed by atoms with Crippen LogP contribution in [0.15, 0.2) is 198 Å². The van der Waals surface area contributed by atoms with Crippen LogP contribution < -0.4 is 4.90 Å². The van der Waals surface area contributed by atoms with Crippen molar-refractivity contribution in [3.63, 3.8) is 0 Å². The first-order chi connectivity index (χ1) is 28.1. The summed E-state index contributed by atoms with van der Waals surface area (Å²) >= 11 is 0. The van der Waals surface area contributed by atoms with Gasteiger partial charge in [-0.15, -0.1) is 0 Å². The standard InChI is InChI=1S/C55H41NO/c1-55(2)45-29-10-6-24-43(45)54-46(55)30-17-33-49(54)56(48-32-12-8-23-40(48)42-28-16-35-51-53(42)44-25-9-13-34-50(44)57-51)47-31-11-7-22-39(47)41-27-15-21-37-20-14-26-38(52(37)41)36-18-4-3-5-19-36/h3-6,8-10,12-35H,7,11H2,1-2H3. The Hall–Kier alpha value is -6.90. The second-order valence-corrected chi connectivity index (χ2v) is 15.9. The Labute approximate surface area is 333 Å². The summed E-state index contributed by atoms with van der Waals surface area (Å²) in [5.74, 6) is 0. The molecule has 57 heavy (non-hydrogen) atoms. The Morgan fingerprint density at radius 1 is 0.456 bits per heavy atom. The highest BCUT2D eigenvalue weighted by Crippen LogP contribution is 2.56. The van der Waals surface area contributed by atoms with E-state index >= 15 is 0 Å². The van der Waals surface area contributed by atoms with Crippen molar-refractivity contribution < 1.29 is 4.42 Å². The van der Waals surface area contributed by atoms with Gasteiger partial charge in [0.1, 0.15) is 11.2 Å². The Kier molecular flexibility index (Phi) is 7.69. The maximum absolute atomic E-state index is 6.47. The SMILES string of the molecule is CC1(C)c2ccccc2-c2c(N(C3=CCCC=C3c3cccc4cccc(-c5ccccc5)c34)c3ccccc3-c3cccc4oc5ccccc5c34)cccc21. The molecule has 2 aliphatic carbocycles. The number of furan rings is 1. The minimum Gasteiger partial charge on any atom is -0.456 e. The monoisotopic (exact) mass is 731 g/mol. The fraction of sp³-hybridized carbons (Fsp3) is 0.0909. The normalized spacial score (nSPS) is 14.4. The molecule has 0 amide bonds. The van der Waals surface area contributed by atoms with E-state index in [1.54, 1.807) is 0 Å². The first kappa shape index (κ1) is 33.4. The predicted molar refractivity (Wildman–Crippen MR) is 240 cm³/mol. The zero-order chi connectivity index (χ0) is 38.1. The molecule has 0 aliphatic heterocycles. The van der Waals surface area contributed by atoms with Crippen LogP contribution in [-0.2, 0) is 5.41 Å². The summed E-state index contributed by atoms with van der Waals surface area (Å²) in [7, 11) is 0. The molecule has 0 saturated heterocycles. The van der Waals surface area contributed by atoms with E-state index in [9.17, 15) is 0 Å². The molecule has 8 aromatic carbocycles. The topological polar surface area (TPSA) is 16.4 Å². The third-order valence-corrected chi connectivity index (χ3v) is 12.3. The van der Waals surface area contributed by atoms with Crippen molar-refractivity contribution in [2.45, 2.75) is 32.1 Å². The van der Waals surface area contributed by atoms with E-state index in [0.29, 0.717) is 0 Å². The summed E-state index contributed by atoms with van der Waals surface area (Å²) < 4.78 is 6.47. The number of benzene rings is 8. The van der Waals surface area contributed by atoms with Crippen molar-refractivity contribution in [1.82, 2.24) is 0 Å². The average Bonchev–Trinajstić information content (AvgIpc) is 3.76. The van der Waals surface area contributed by atoms with E-state index in [4.69, 9.17) is 4.42 Å². The lowest BCUT2D eigenvalue weighted by Gasteiger charge is -2.35. The van der Waals surface area contributed by atoms with Crippen molar-refractivity contribution in [2.24, 2.45) is 0 Å². The molecule has 0 bridgehead atoms. The number of hydrogen-bond acceptors (Lipinski definition) is 2. The lowest BCUT2D eigenvalue weighted by molar-refractivity contribution is 0.660. The van der Waals surface area contributed by atoms with E-state index in [1.807, 2.05) is 0 Å². The number of nitrogens with zero attached hydrogens (tertiary/aromatic N) is 1. The van der Waals surface area contributed by atoms with Crippen LogP contribution in [-0.4, -0.2) is 0 Å². The summed E-state index contributed by atoms with van der Waals surface area (Å²) in [5.41, 5.74) is 17.8. The van der Waals surface area contributed by atoms with Gasteiger partial charge in [-0.25, -0.2) is 0 Å². The average molecular weight is 732 g/mol. The van der Waals surface area contributed by atoms with E-state index < -0.39 is 0 Å². The lowest BCUT2D eigenvalue weighted by Crippen LogP contribution is -2.21. The van der Waals surface area contributed by atoms with Gasteiger partial charge in [-0.3, -0.25) is 0 Å². The van der Waals surface area contributed by atoms with Crippen LogP contribution >= 0.6 is 0 Å². The van der Waals surface area contributed by atoms with Crippen LogP contribution in [0.3, 0.4) is 0 Å². The summed E-state index contributed by atoms with van der Waals surface area (Å²) in [6.45, 7) is 4.74. The van der Waals surface area contributed by atoms with Crippen molar-refractivity contribution >= 4 is 49.7 Å². The van der Waals surface area contributed by atoms with Crippen molar-refractivity contribution in [3.05, 3.63) is 210 Å². The highest BCUT2D eigenvalue weighted by Gasteiger charge is 2.38. The first-order valence-electron chi connectivity index (χ1n) is 20.1. The molecule has 0 atom stereocenters. The summed E-state index contributed by atoms with van der Waals surface area (Å²) in [5, 5.41) is 4.78. The number of para-hydroxylation sites is 2. The maximum atomic E-state index is 6.47. The van der Waals surface area contributed by atoms with Gasteiger partial charge in [-0.2, -0.15) is 0 Å². The highest BCUT2D eigenvalue weighted by molar-refractivity contribution is 6.14. The van der Waals surface area contributed by atoms with Gasteiger partial charge in [0.2, 0.25) is 0 Å². The van der Waals surface area contributed by atoms with Crippen molar-refractivity contribution in [2.75, 3.05) is 4.90 Å². The smallest absolute Gasteiger partial charge is 0.136 e. The van der Waals surface area contributed by atoms with Crippen LogP contribution in [0.4, 0.5) is 11.4 Å². The number of allylic oxidation sites excluding steroid dienone is 3. The molecule has 0 radical (unpaired) electrons. The summed E-state index contributed by atoms with van der Waals surface area (Å²) in [6.07, 6.45) is 6.89. The molecule has 0 saturated carbocycles. The van der Waals surface area contributed by atoms with Gasteiger partial charge in [0, 0.05) is 38.6 Å². The van der Waals surface area contributed by atoms with Gasteiger partial charge in [0.05, 0.1) is 11.4 Å². The molecular formula is C55H41NO. The van der Waals surface area contributed by atoms with E-state index in [2.05, 4.69) is 207 Å². The molecule has 2 heteroatoms. The zero-order valence-corrected chi connectivity index (χ0v) is 32.2. The summed E-state index contributed by atoms with van der Waals surface area (Å²) in [6, 6.07) is 64.2. The second-order valence-electron chi connectivity index (χ2n) is 15.9. The Bertz CT molecular complexity index is 3100. The molecule has 0 spiro atoms. The predicted octanol–water partition coefficient (Wildman–Crippen LogP) is 15.3. The molecule has 0 unspecified atom stereocenters. The van der Waals surface area contributed by atoms with E-state index in [0.717, 1.165) is 51.6 Å². The van der Waals surface area contributed by atoms with Gasteiger partial charge in [-0.1, -0.05) is 178 Å². The zero-order valence-electron chi connectivity index (χ0n) is 32.2. The molecule has 9 aromatic rings. The quantitative estimate of drug-likeness (QED) is 0.169. The van der Waals surface area contributed by atoms with Crippen molar-refractivity contribution in [3.8, 4) is 33.4 Å². The summed E-state index contributed by atoms with van der Waals surface area (Å²) in [4.78, 5) is 2.59. The third-order valence-electron chi connectivity index (χ3n) is 12.3. The fourth-order valence-electron chi connectivity index (χ4n) is 9.75. The van der Waals surface area contributed by atoms with Gasteiger partial charge < -0.3 is 9.32 Å². The molecule has 11 rings (SSSR count). The van der Waals surface area contributed by atoms with Crippen LogP contribution in [0.25, 0.3) is 71.7 Å². The highest BCUT2D eigenvalue weighted by atomic mass is 16.3. The Balaban J connectivity index is 1.21. The molecule has 272 valence electrons. The van der Waals surface area contributed by atoms with Gasteiger partial charge in [0.15, 0.2) is 0 Å².